The number of benzene rings is 1. The lowest BCUT2D eigenvalue weighted by Gasteiger charge is -2.25. The average Bonchev–Trinajstić information content (AvgIpc) is 2.26. The summed E-state index contributed by atoms with van der Waals surface area (Å²) in [6, 6.07) is 3.17. The number of rotatable bonds is 6. The van der Waals surface area contributed by atoms with Crippen LogP contribution in [0.3, 0.4) is 0 Å². The summed E-state index contributed by atoms with van der Waals surface area (Å²) in [6.45, 7) is 3.01. The van der Waals surface area contributed by atoms with Crippen LogP contribution >= 0.6 is 15.9 Å². The molecule has 0 saturated carbocycles. The van der Waals surface area contributed by atoms with E-state index in [1.54, 1.807) is 13.8 Å². The van der Waals surface area contributed by atoms with Gasteiger partial charge in [0.05, 0.1) is 6.42 Å². The van der Waals surface area contributed by atoms with Gasteiger partial charge in [-0.25, -0.2) is 12.8 Å². The Hall–Kier alpha value is -0.990. The molecule has 0 amide bonds. The molecule has 0 aliphatic carbocycles. The van der Waals surface area contributed by atoms with Crippen molar-refractivity contribution in [2.75, 3.05) is 6.54 Å². The summed E-state index contributed by atoms with van der Waals surface area (Å²) in [4.78, 5) is 10.1. The predicted molar refractivity (Wildman–Crippen MR) is 75.4 cm³/mol. The Labute approximate surface area is 125 Å². The third-order valence-electron chi connectivity index (χ3n) is 2.60. The van der Waals surface area contributed by atoms with E-state index in [-0.39, 0.29) is 13.0 Å². The van der Waals surface area contributed by atoms with Crippen molar-refractivity contribution in [3.63, 3.8) is 0 Å². The van der Waals surface area contributed by atoms with Crippen LogP contribution in [-0.2, 0) is 14.8 Å². The molecule has 8 heteroatoms. The summed E-state index contributed by atoms with van der Waals surface area (Å²) in [6.07, 6.45) is -0.338. The Kier molecular flexibility index (Phi) is 5.67. The number of sulfonamides is 1. The predicted octanol–water partition coefficient (Wildman–Crippen LogP) is 2.46. The zero-order chi connectivity index (χ0) is 15.5. The molecule has 0 radical (unpaired) electrons. The van der Waals surface area contributed by atoms with E-state index < -0.39 is 32.7 Å². The number of carbonyl (C=O) groups is 1. The molecule has 0 fully saturated rings. The molecule has 0 unspecified atom stereocenters. The Morgan fingerprint density at radius 1 is 1.45 bits per heavy atom. The van der Waals surface area contributed by atoms with Gasteiger partial charge in [0.2, 0.25) is 10.0 Å². The topological polar surface area (TPSA) is 74.7 Å². The van der Waals surface area contributed by atoms with Gasteiger partial charge in [0.1, 0.15) is 10.7 Å². The molecule has 1 rings (SSSR count). The van der Waals surface area contributed by atoms with Gasteiger partial charge >= 0.3 is 5.97 Å². The number of nitrogens with zero attached hydrogens (tertiary/aromatic N) is 1. The van der Waals surface area contributed by atoms with Crippen LogP contribution in [0.25, 0.3) is 0 Å². The van der Waals surface area contributed by atoms with Crippen molar-refractivity contribution in [3.05, 3.63) is 28.5 Å². The van der Waals surface area contributed by atoms with E-state index in [0.29, 0.717) is 4.47 Å². The maximum absolute atomic E-state index is 13.8. The molecule has 0 heterocycles. The number of carboxylic acid groups (broad SMARTS) is 1. The highest BCUT2D eigenvalue weighted by Gasteiger charge is 2.29. The van der Waals surface area contributed by atoms with Crippen molar-refractivity contribution in [1.29, 1.82) is 0 Å². The van der Waals surface area contributed by atoms with E-state index in [9.17, 15) is 17.6 Å². The SMILES string of the molecule is CC(C)N(CCC(=O)O)S(=O)(=O)c1ccc(Br)cc1F. The Morgan fingerprint density at radius 3 is 2.50 bits per heavy atom. The van der Waals surface area contributed by atoms with Gasteiger partial charge < -0.3 is 5.11 Å². The maximum Gasteiger partial charge on any atom is 0.304 e. The first-order valence-corrected chi connectivity index (χ1v) is 8.08. The van der Waals surface area contributed by atoms with Gasteiger partial charge in [-0.05, 0) is 32.0 Å². The minimum Gasteiger partial charge on any atom is -0.481 e. The van der Waals surface area contributed by atoms with Gasteiger partial charge in [-0.1, -0.05) is 15.9 Å². The van der Waals surface area contributed by atoms with Crippen LogP contribution in [0.5, 0.6) is 0 Å². The van der Waals surface area contributed by atoms with E-state index in [0.717, 1.165) is 16.4 Å². The summed E-state index contributed by atoms with van der Waals surface area (Å²) in [5, 5.41) is 8.67. The normalized spacial score (nSPS) is 12.1. The summed E-state index contributed by atoms with van der Waals surface area (Å²) in [7, 11) is -4.07. The van der Waals surface area contributed by atoms with E-state index in [2.05, 4.69) is 15.9 Å². The van der Waals surface area contributed by atoms with Crippen molar-refractivity contribution in [2.24, 2.45) is 0 Å². The van der Waals surface area contributed by atoms with Gasteiger partial charge in [0.25, 0.3) is 0 Å². The third kappa shape index (κ3) is 4.00. The number of aliphatic carboxylic acids is 1. The van der Waals surface area contributed by atoms with Crippen LogP contribution in [0.2, 0.25) is 0 Å². The second-order valence-electron chi connectivity index (χ2n) is 4.43. The zero-order valence-electron chi connectivity index (χ0n) is 11.0. The smallest absolute Gasteiger partial charge is 0.304 e. The Bertz CT molecular complexity index is 603. The second-order valence-corrected chi connectivity index (χ2v) is 7.20. The molecule has 0 bridgehead atoms. The van der Waals surface area contributed by atoms with Crippen LogP contribution < -0.4 is 0 Å². The quantitative estimate of drug-likeness (QED) is 0.837. The average molecular weight is 368 g/mol. The molecule has 0 aliphatic rings. The van der Waals surface area contributed by atoms with E-state index in [4.69, 9.17) is 5.11 Å². The van der Waals surface area contributed by atoms with Crippen LogP contribution in [0, 0.1) is 5.82 Å². The number of hydrogen-bond donors (Lipinski definition) is 1. The third-order valence-corrected chi connectivity index (χ3v) is 5.20. The highest BCUT2D eigenvalue weighted by atomic mass is 79.9. The van der Waals surface area contributed by atoms with Gasteiger partial charge in [0, 0.05) is 17.1 Å². The van der Waals surface area contributed by atoms with Gasteiger partial charge in [0.15, 0.2) is 0 Å². The fraction of sp³-hybridized carbons (Fsp3) is 0.417. The van der Waals surface area contributed by atoms with Gasteiger partial charge in [-0.2, -0.15) is 4.31 Å². The first kappa shape index (κ1) is 17.1. The molecule has 0 saturated heterocycles. The molecule has 0 aliphatic heterocycles. The molecule has 112 valence electrons. The fourth-order valence-electron chi connectivity index (χ4n) is 1.67. The van der Waals surface area contributed by atoms with Gasteiger partial charge in [-0.15, -0.1) is 0 Å². The molecule has 0 aromatic heterocycles. The summed E-state index contributed by atoms with van der Waals surface area (Å²) < 4.78 is 40.0. The molecule has 1 aromatic carbocycles. The van der Waals surface area contributed by atoms with Crippen LogP contribution in [0.15, 0.2) is 27.6 Å². The van der Waals surface area contributed by atoms with E-state index in [1.807, 2.05) is 0 Å². The van der Waals surface area contributed by atoms with E-state index in [1.165, 1.54) is 6.07 Å². The summed E-state index contributed by atoms with van der Waals surface area (Å²) >= 11 is 3.05. The monoisotopic (exact) mass is 367 g/mol. The van der Waals surface area contributed by atoms with Crippen LogP contribution in [-0.4, -0.2) is 36.4 Å². The minimum absolute atomic E-state index is 0.204. The highest BCUT2D eigenvalue weighted by Crippen LogP contribution is 2.24. The van der Waals surface area contributed by atoms with Crippen molar-refractivity contribution in [2.45, 2.75) is 31.2 Å². The second kappa shape index (κ2) is 6.64. The lowest BCUT2D eigenvalue weighted by atomic mass is 10.3. The Balaban J connectivity index is 3.19. The molecule has 1 N–H and O–H groups in total. The fourth-order valence-corrected chi connectivity index (χ4v) is 3.69. The first-order chi connectivity index (χ1) is 9.16. The lowest BCUT2D eigenvalue weighted by Crippen LogP contribution is -2.38. The molecular formula is C12H15BrFNO4S. The van der Waals surface area contributed by atoms with Crippen molar-refractivity contribution < 1.29 is 22.7 Å². The Morgan fingerprint density at radius 2 is 2.05 bits per heavy atom. The van der Waals surface area contributed by atoms with Crippen molar-refractivity contribution >= 4 is 31.9 Å². The van der Waals surface area contributed by atoms with Gasteiger partial charge in [-0.3, -0.25) is 4.79 Å². The molecular weight excluding hydrogens is 353 g/mol. The first-order valence-electron chi connectivity index (χ1n) is 5.85. The molecule has 0 atom stereocenters. The zero-order valence-corrected chi connectivity index (χ0v) is 13.4. The van der Waals surface area contributed by atoms with Crippen molar-refractivity contribution in [1.82, 2.24) is 4.31 Å². The highest BCUT2D eigenvalue weighted by molar-refractivity contribution is 9.10. The van der Waals surface area contributed by atoms with Crippen LogP contribution in [0.4, 0.5) is 4.39 Å². The summed E-state index contributed by atoms with van der Waals surface area (Å²) in [5.74, 6) is -1.98. The molecule has 5 nitrogen and oxygen atoms in total. The standard InChI is InChI=1S/C12H15BrFNO4S/c1-8(2)15(6-5-12(16)17)20(18,19)11-4-3-9(13)7-10(11)14/h3-4,7-8H,5-6H2,1-2H3,(H,16,17). The molecule has 0 spiro atoms. The summed E-state index contributed by atoms with van der Waals surface area (Å²) in [5.41, 5.74) is 0. The molecule has 20 heavy (non-hydrogen) atoms. The number of hydrogen-bond acceptors (Lipinski definition) is 3. The largest absolute Gasteiger partial charge is 0.481 e. The minimum atomic E-state index is -4.07. The molecule has 1 aromatic rings. The van der Waals surface area contributed by atoms with Crippen molar-refractivity contribution in [3.8, 4) is 0 Å². The lowest BCUT2D eigenvalue weighted by molar-refractivity contribution is -0.137. The number of carboxylic acids is 1. The van der Waals surface area contributed by atoms with E-state index >= 15 is 0 Å². The number of halogens is 2. The van der Waals surface area contributed by atoms with Crippen LogP contribution in [0.1, 0.15) is 20.3 Å². The maximum atomic E-state index is 13.8.